The van der Waals surface area contributed by atoms with E-state index in [0.29, 0.717) is 29.5 Å². The Bertz CT molecular complexity index is 602. The highest BCUT2D eigenvalue weighted by Gasteiger charge is 2.13. The number of amides is 1. The minimum atomic E-state index is -0.0124. The second kappa shape index (κ2) is 7.11. The number of thiophene rings is 1. The van der Waals surface area contributed by atoms with Gasteiger partial charge in [0.05, 0.1) is 15.9 Å². The Morgan fingerprint density at radius 1 is 1.45 bits per heavy atom. The maximum atomic E-state index is 12.1. The van der Waals surface area contributed by atoms with E-state index in [-0.39, 0.29) is 5.91 Å². The highest BCUT2D eigenvalue weighted by Crippen LogP contribution is 2.21. The highest BCUT2D eigenvalue weighted by atomic mass is 79.9. The largest absolute Gasteiger partial charge is 0.492 e. The van der Waals surface area contributed by atoms with Crippen LogP contribution in [-0.2, 0) is 0 Å². The van der Waals surface area contributed by atoms with Gasteiger partial charge >= 0.3 is 0 Å². The van der Waals surface area contributed by atoms with Crippen LogP contribution in [0.3, 0.4) is 0 Å². The second-order valence-corrected chi connectivity index (χ2v) is 6.90. The van der Waals surface area contributed by atoms with Gasteiger partial charge in [-0.2, -0.15) is 0 Å². The minimum Gasteiger partial charge on any atom is -0.492 e. The van der Waals surface area contributed by atoms with E-state index in [0.717, 1.165) is 3.79 Å². The van der Waals surface area contributed by atoms with Crippen molar-refractivity contribution in [3.63, 3.8) is 0 Å². The fraction of sp³-hybridized carbons (Fsp3) is 0.214. The Hall–Kier alpha value is -1.04. The summed E-state index contributed by atoms with van der Waals surface area (Å²) in [5, 5.41) is 2.47. The van der Waals surface area contributed by atoms with Gasteiger partial charge in [-0.1, -0.05) is 17.7 Å². The summed E-state index contributed by atoms with van der Waals surface area (Å²) in [5.41, 5.74) is 0.687. The molecule has 1 heterocycles. The lowest BCUT2D eigenvalue weighted by Gasteiger charge is -2.16. The minimum absolute atomic E-state index is 0.0124. The van der Waals surface area contributed by atoms with Gasteiger partial charge in [-0.05, 0) is 40.2 Å². The van der Waals surface area contributed by atoms with Gasteiger partial charge < -0.3 is 9.64 Å². The number of nitrogens with zero attached hydrogens (tertiary/aromatic N) is 1. The maximum Gasteiger partial charge on any atom is 0.254 e. The number of halogens is 2. The second-order valence-electron chi connectivity index (χ2n) is 4.17. The van der Waals surface area contributed by atoms with Gasteiger partial charge in [0.15, 0.2) is 0 Å². The molecule has 0 saturated carbocycles. The summed E-state index contributed by atoms with van der Waals surface area (Å²) in [4.78, 5) is 13.7. The van der Waals surface area contributed by atoms with Gasteiger partial charge in [0, 0.05) is 17.5 Å². The third-order valence-electron chi connectivity index (χ3n) is 2.65. The first-order valence-corrected chi connectivity index (χ1v) is 7.99. The summed E-state index contributed by atoms with van der Waals surface area (Å²) in [7, 11) is 1.76. The first kappa shape index (κ1) is 15.4. The molecule has 20 heavy (non-hydrogen) atoms. The maximum absolute atomic E-state index is 12.1. The average molecular weight is 375 g/mol. The zero-order valence-corrected chi connectivity index (χ0v) is 14.0. The van der Waals surface area contributed by atoms with Crippen molar-refractivity contribution in [2.24, 2.45) is 0 Å². The molecular weight excluding hydrogens is 362 g/mol. The number of carbonyl (C=O) groups excluding carboxylic acids is 1. The van der Waals surface area contributed by atoms with Crippen LogP contribution < -0.4 is 4.74 Å². The van der Waals surface area contributed by atoms with Crippen LogP contribution in [0.1, 0.15) is 10.4 Å². The molecule has 106 valence electrons. The zero-order chi connectivity index (χ0) is 14.5. The van der Waals surface area contributed by atoms with Crippen LogP contribution in [0.25, 0.3) is 0 Å². The normalized spacial score (nSPS) is 10.3. The summed E-state index contributed by atoms with van der Waals surface area (Å²) in [5.74, 6) is 0.693. The topological polar surface area (TPSA) is 29.5 Å². The fourth-order valence-electron chi connectivity index (χ4n) is 1.60. The van der Waals surface area contributed by atoms with E-state index in [9.17, 15) is 4.79 Å². The van der Waals surface area contributed by atoms with Crippen LogP contribution in [0.5, 0.6) is 5.75 Å². The summed E-state index contributed by atoms with van der Waals surface area (Å²) in [6, 6.07) is 9.03. The van der Waals surface area contributed by atoms with Gasteiger partial charge in [0.2, 0.25) is 0 Å². The Kier molecular flexibility index (Phi) is 5.46. The average Bonchev–Trinajstić information content (AvgIpc) is 2.84. The third kappa shape index (κ3) is 4.23. The number of hydrogen-bond donors (Lipinski definition) is 0. The van der Waals surface area contributed by atoms with Crippen LogP contribution in [0, 0.1) is 0 Å². The van der Waals surface area contributed by atoms with E-state index in [1.807, 2.05) is 23.6 Å². The Balaban J connectivity index is 1.83. The molecule has 3 nitrogen and oxygen atoms in total. The number of ether oxygens (including phenoxy) is 1. The lowest BCUT2D eigenvalue weighted by Crippen LogP contribution is -2.30. The van der Waals surface area contributed by atoms with Crippen molar-refractivity contribution in [3.05, 3.63) is 50.1 Å². The predicted molar refractivity (Wildman–Crippen MR) is 85.9 cm³/mol. The van der Waals surface area contributed by atoms with Gasteiger partial charge in [-0.3, -0.25) is 4.79 Å². The number of hydrogen-bond acceptors (Lipinski definition) is 3. The molecule has 2 rings (SSSR count). The summed E-state index contributed by atoms with van der Waals surface area (Å²) in [6.07, 6.45) is 0. The van der Waals surface area contributed by atoms with Crippen LogP contribution in [-0.4, -0.2) is 31.0 Å². The summed E-state index contributed by atoms with van der Waals surface area (Å²) >= 11 is 10.7. The van der Waals surface area contributed by atoms with Crippen molar-refractivity contribution in [3.8, 4) is 5.75 Å². The number of rotatable bonds is 5. The molecule has 0 aliphatic carbocycles. The lowest BCUT2D eigenvalue weighted by atomic mass is 10.3. The smallest absolute Gasteiger partial charge is 0.254 e. The summed E-state index contributed by atoms with van der Waals surface area (Å²) in [6.45, 7) is 0.937. The molecule has 0 spiro atoms. The van der Waals surface area contributed by atoms with E-state index in [1.54, 1.807) is 24.1 Å². The van der Waals surface area contributed by atoms with Crippen LogP contribution in [0.4, 0.5) is 0 Å². The number of carbonyl (C=O) groups is 1. The lowest BCUT2D eigenvalue weighted by molar-refractivity contribution is 0.0774. The fourth-order valence-corrected chi connectivity index (χ4v) is 2.91. The van der Waals surface area contributed by atoms with Crippen molar-refractivity contribution in [1.82, 2.24) is 4.90 Å². The quantitative estimate of drug-likeness (QED) is 0.780. The first-order valence-electron chi connectivity index (χ1n) is 5.94. The predicted octanol–water partition coefficient (Wildman–Crippen LogP) is 4.32. The van der Waals surface area contributed by atoms with E-state index >= 15 is 0 Å². The van der Waals surface area contributed by atoms with E-state index in [2.05, 4.69) is 15.9 Å². The molecule has 0 N–H and O–H groups in total. The molecule has 1 aromatic heterocycles. The van der Waals surface area contributed by atoms with Gasteiger partial charge in [-0.25, -0.2) is 0 Å². The van der Waals surface area contributed by atoms with E-state index < -0.39 is 0 Å². The molecule has 2 aromatic rings. The molecule has 0 atom stereocenters. The Labute approximate surface area is 135 Å². The molecule has 6 heteroatoms. The van der Waals surface area contributed by atoms with Crippen molar-refractivity contribution in [2.45, 2.75) is 0 Å². The van der Waals surface area contributed by atoms with Gasteiger partial charge in [-0.15, -0.1) is 11.3 Å². The third-order valence-corrected chi connectivity index (χ3v) is 4.39. The van der Waals surface area contributed by atoms with Crippen molar-refractivity contribution in [1.29, 1.82) is 0 Å². The van der Waals surface area contributed by atoms with E-state index in [4.69, 9.17) is 16.3 Å². The highest BCUT2D eigenvalue weighted by molar-refractivity contribution is 9.11. The van der Waals surface area contributed by atoms with Crippen molar-refractivity contribution in [2.75, 3.05) is 20.2 Å². The van der Waals surface area contributed by atoms with Crippen molar-refractivity contribution < 1.29 is 9.53 Å². The van der Waals surface area contributed by atoms with Crippen LogP contribution in [0.15, 0.2) is 39.5 Å². The van der Waals surface area contributed by atoms with Crippen LogP contribution >= 0.6 is 38.9 Å². The molecule has 0 aliphatic heterocycles. The standard InChI is InChI=1S/C14H13BrClNO2S/c1-17(14(18)10-7-13(15)20-9-10)5-6-19-12-4-2-3-11(16)8-12/h2-4,7-9H,5-6H2,1H3. The monoisotopic (exact) mass is 373 g/mol. The SMILES string of the molecule is CN(CCOc1cccc(Cl)c1)C(=O)c1csc(Br)c1. The molecule has 0 unspecified atom stereocenters. The Morgan fingerprint density at radius 3 is 2.90 bits per heavy atom. The molecule has 0 aliphatic rings. The first-order chi connectivity index (χ1) is 9.56. The number of likely N-dealkylation sites (N-methyl/N-ethyl adjacent to an activating group) is 1. The molecule has 0 bridgehead atoms. The molecule has 0 saturated heterocycles. The van der Waals surface area contributed by atoms with Crippen LogP contribution in [0.2, 0.25) is 5.02 Å². The molecular formula is C14H13BrClNO2S. The molecule has 0 fully saturated rings. The molecule has 1 aromatic carbocycles. The zero-order valence-electron chi connectivity index (χ0n) is 10.8. The molecule has 0 radical (unpaired) electrons. The van der Waals surface area contributed by atoms with Crippen molar-refractivity contribution >= 4 is 44.8 Å². The Morgan fingerprint density at radius 2 is 2.25 bits per heavy atom. The molecule has 1 amide bonds. The summed E-state index contributed by atoms with van der Waals surface area (Å²) < 4.78 is 6.51. The van der Waals surface area contributed by atoms with Gasteiger partial charge in [0.25, 0.3) is 5.91 Å². The van der Waals surface area contributed by atoms with Gasteiger partial charge in [0.1, 0.15) is 12.4 Å². The van der Waals surface area contributed by atoms with E-state index in [1.165, 1.54) is 11.3 Å². The number of benzene rings is 1.